The monoisotopic (exact) mass is 352 g/mol. The molecule has 1 N–H and O–H groups in total. The number of ether oxygens (including phenoxy) is 1. The maximum absolute atomic E-state index is 12.7. The second-order valence-corrected chi connectivity index (χ2v) is 7.40. The first kappa shape index (κ1) is 16.9. The second kappa shape index (κ2) is 6.63. The fourth-order valence-electron chi connectivity index (χ4n) is 3.87. The van der Waals surface area contributed by atoms with Crippen molar-refractivity contribution in [2.45, 2.75) is 39.2 Å². The van der Waals surface area contributed by atoms with Crippen LogP contribution in [0.4, 0.5) is 0 Å². The summed E-state index contributed by atoms with van der Waals surface area (Å²) in [4.78, 5) is 17.2. The highest BCUT2D eigenvalue weighted by molar-refractivity contribution is 5.98. The number of benzene rings is 1. The molecule has 3 unspecified atom stereocenters. The first-order chi connectivity index (χ1) is 12.5. The fourth-order valence-corrected chi connectivity index (χ4v) is 3.87. The van der Waals surface area contributed by atoms with Gasteiger partial charge < -0.3 is 14.5 Å². The summed E-state index contributed by atoms with van der Waals surface area (Å²) < 4.78 is 11.0. The number of pyridine rings is 1. The maximum Gasteiger partial charge on any atom is 0.287 e. The van der Waals surface area contributed by atoms with E-state index in [1.807, 2.05) is 24.3 Å². The number of methoxy groups -OCH3 is 1. The first-order valence-corrected chi connectivity index (χ1v) is 9.24. The van der Waals surface area contributed by atoms with Gasteiger partial charge in [0.25, 0.3) is 5.91 Å². The number of fused-ring (bicyclic) bond motifs is 2. The molecule has 0 aliphatic heterocycles. The van der Waals surface area contributed by atoms with Crippen molar-refractivity contribution < 1.29 is 13.9 Å². The lowest BCUT2D eigenvalue weighted by Crippen LogP contribution is -2.43. The molecule has 1 fully saturated rings. The SMILES string of the molecule is COc1ccc2cc3cc(C(=O)NC4CCCC(C)C4C)oc3nc2c1. The van der Waals surface area contributed by atoms with Crippen LogP contribution in [0.2, 0.25) is 0 Å². The molecule has 1 aromatic carbocycles. The van der Waals surface area contributed by atoms with Crippen LogP contribution in [0, 0.1) is 11.8 Å². The van der Waals surface area contributed by atoms with Crippen molar-refractivity contribution in [3.8, 4) is 5.75 Å². The van der Waals surface area contributed by atoms with Crippen molar-refractivity contribution in [3.63, 3.8) is 0 Å². The Hall–Kier alpha value is -2.56. The van der Waals surface area contributed by atoms with Crippen molar-refractivity contribution in [2.24, 2.45) is 11.8 Å². The summed E-state index contributed by atoms with van der Waals surface area (Å²) in [6.07, 6.45) is 3.42. The van der Waals surface area contributed by atoms with Crippen molar-refractivity contribution in [1.29, 1.82) is 0 Å². The van der Waals surface area contributed by atoms with Crippen LogP contribution in [0.5, 0.6) is 5.75 Å². The number of carbonyl (C=O) groups excluding carboxylic acids is 1. The molecule has 1 saturated carbocycles. The number of carbonyl (C=O) groups is 1. The van der Waals surface area contributed by atoms with Gasteiger partial charge in [-0.1, -0.05) is 26.7 Å². The molecule has 26 heavy (non-hydrogen) atoms. The Morgan fingerprint density at radius 2 is 2.04 bits per heavy atom. The van der Waals surface area contributed by atoms with Gasteiger partial charge in [-0.2, -0.15) is 0 Å². The van der Waals surface area contributed by atoms with Crippen molar-refractivity contribution in [1.82, 2.24) is 10.3 Å². The summed E-state index contributed by atoms with van der Waals surface area (Å²) >= 11 is 0. The Balaban J connectivity index is 1.62. The average Bonchev–Trinajstić information content (AvgIpc) is 3.06. The van der Waals surface area contributed by atoms with Crippen molar-refractivity contribution in [2.75, 3.05) is 7.11 Å². The number of aromatic nitrogens is 1. The van der Waals surface area contributed by atoms with Crippen LogP contribution in [0.15, 0.2) is 34.7 Å². The molecule has 3 atom stereocenters. The highest BCUT2D eigenvalue weighted by Gasteiger charge is 2.29. The van der Waals surface area contributed by atoms with E-state index in [4.69, 9.17) is 9.15 Å². The minimum absolute atomic E-state index is 0.157. The van der Waals surface area contributed by atoms with E-state index in [0.717, 1.165) is 34.9 Å². The van der Waals surface area contributed by atoms with E-state index >= 15 is 0 Å². The standard InChI is InChI=1S/C21H24N2O3/c1-12-5-4-6-17(13(12)2)22-20(24)19-10-15-9-14-7-8-16(25-3)11-18(14)23-21(15)26-19/h7-13,17H,4-6H2,1-3H3,(H,22,24). The quantitative estimate of drug-likeness (QED) is 0.751. The van der Waals surface area contributed by atoms with Gasteiger partial charge in [-0.25, -0.2) is 4.98 Å². The second-order valence-electron chi connectivity index (χ2n) is 7.40. The summed E-state index contributed by atoms with van der Waals surface area (Å²) in [7, 11) is 1.63. The minimum Gasteiger partial charge on any atom is -0.497 e. The lowest BCUT2D eigenvalue weighted by atomic mass is 9.78. The van der Waals surface area contributed by atoms with E-state index in [1.54, 1.807) is 13.2 Å². The summed E-state index contributed by atoms with van der Waals surface area (Å²) in [6.45, 7) is 4.48. The third-order valence-corrected chi connectivity index (χ3v) is 5.76. The molecule has 5 nitrogen and oxygen atoms in total. The first-order valence-electron chi connectivity index (χ1n) is 9.24. The van der Waals surface area contributed by atoms with Crippen LogP contribution in [0.25, 0.3) is 22.0 Å². The van der Waals surface area contributed by atoms with Crippen LogP contribution < -0.4 is 10.1 Å². The van der Waals surface area contributed by atoms with Crippen LogP contribution in [-0.2, 0) is 0 Å². The van der Waals surface area contributed by atoms with Gasteiger partial charge in [0.15, 0.2) is 5.76 Å². The fraction of sp³-hybridized carbons (Fsp3) is 0.429. The number of rotatable bonds is 3. The Bertz CT molecular complexity index is 962. The Kier molecular flexibility index (Phi) is 4.31. The predicted molar refractivity (Wildman–Crippen MR) is 102 cm³/mol. The van der Waals surface area contributed by atoms with Gasteiger partial charge in [-0.15, -0.1) is 0 Å². The molecule has 136 valence electrons. The van der Waals surface area contributed by atoms with Gasteiger partial charge in [-0.3, -0.25) is 4.79 Å². The van der Waals surface area contributed by atoms with Crippen molar-refractivity contribution >= 4 is 27.9 Å². The van der Waals surface area contributed by atoms with Crippen LogP contribution in [0.3, 0.4) is 0 Å². The Labute approximate surface area is 152 Å². The summed E-state index contributed by atoms with van der Waals surface area (Å²) in [5.74, 6) is 2.02. The zero-order valence-corrected chi connectivity index (χ0v) is 15.4. The minimum atomic E-state index is -0.157. The number of amides is 1. The van der Waals surface area contributed by atoms with E-state index in [-0.39, 0.29) is 11.9 Å². The van der Waals surface area contributed by atoms with Gasteiger partial charge in [0, 0.05) is 22.9 Å². The molecular weight excluding hydrogens is 328 g/mol. The molecular formula is C21H24N2O3. The maximum atomic E-state index is 12.7. The molecule has 0 bridgehead atoms. The molecule has 1 aliphatic carbocycles. The molecule has 0 saturated heterocycles. The van der Waals surface area contributed by atoms with Gasteiger partial charge in [0.1, 0.15) is 5.75 Å². The smallest absolute Gasteiger partial charge is 0.287 e. The number of nitrogens with zero attached hydrogens (tertiary/aromatic N) is 1. The van der Waals surface area contributed by atoms with E-state index in [0.29, 0.717) is 23.3 Å². The molecule has 1 amide bonds. The molecule has 0 radical (unpaired) electrons. The third kappa shape index (κ3) is 3.02. The number of hydrogen-bond donors (Lipinski definition) is 1. The highest BCUT2D eigenvalue weighted by Crippen LogP contribution is 2.30. The van der Waals surface area contributed by atoms with Gasteiger partial charge >= 0.3 is 0 Å². The van der Waals surface area contributed by atoms with E-state index in [2.05, 4.69) is 24.1 Å². The molecule has 5 heteroatoms. The normalized spacial score (nSPS) is 23.3. The molecule has 0 spiro atoms. The Morgan fingerprint density at radius 1 is 1.19 bits per heavy atom. The molecule has 1 aliphatic rings. The Morgan fingerprint density at radius 3 is 2.85 bits per heavy atom. The van der Waals surface area contributed by atoms with Crippen LogP contribution >= 0.6 is 0 Å². The van der Waals surface area contributed by atoms with Crippen LogP contribution in [0.1, 0.15) is 43.7 Å². The molecule has 3 aromatic rings. The number of nitrogens with one attached hydrogen (secondary N) is 1. The summed E-state index contributed by atoms with van der Waals surface area (Å²) in [5.41, 5.74) is 1.26. The van der Waals surface area contributed by atoms with Crippen molar-refractivity contribution in [3.05, 3.63) is 36.1 Å². The van der Waals surface area contributed by atoms with E-state index < -0.39 is 0 Å². The van der Waals surface area contributed by atoms with Gasteiger partial charge in [0.05, 0.1) is 12.6 Å². The third-order valence-electron chi connectivity index (χ3n) is 5.76. The van der Waals surface area contributed by atoms with Gasteiger partial charge in [-0.05, 0) is 42.5 Å². The zero-order chi connectivity index (χ0) is 18.3. The lowest BCUT2D eigenvalue weighted by molar-refractivity contribution is 0.0865. The van der Waals surface area contributed by atoms with E-state index in [1.165, 1.54) is 6.42 Å². The topological polar surface area (TPSA) is 64.4 Å². The largest absolute Gasteiger partial charge is 0.497 e. The lowest BCUT2D eigenvalue weighted by Gasteiger charge is -2.34. The van der Waals surface area contributed by atoms with E-state index in [9.17, 15) is 4.79 Å². The average molecular weight is 352 g/mol. The molecule has 2 heterocycles. The summed E-state index contributed by atoms with van der Waals surface area (Å²) in [5, 5.41) is 4.97. The highest BCUT2D eigenvalue weighted by atomic mass is 16.5. The zero-order valence-electron chi connectivity index (χ0n) is 15.4. The van der Waals surface area contributed by atoms with Gasteiger partial charge in [0.2, 0.25) is 5.71 Å². The predicted octanol–water partition coefficient (Wildman–Crippen LogP) is 4.54. The molecule has 2 aromatic heterocycles. The number of hydrogen-bond acceptors (Lipinski definition) is 4. The molecule has 4 rings (SSSR count). The van der Waals surface area contributed by atoms with Crippen LogP contribution in [-0.4, -0.2) is 24.0 Å². The number of furan rings is 1. The summed E-state index contributed by atoms with van der Waals surface area (Å²) in [6, 6.07) is 9.69.